The summed E-state index contributed by atoms with van der Waals surface area (Å²) in [7, 11) is -4.03. The number of benzene rings is 3. The topological polar surface area (TPSA) is 78.8 Å². The molecule has 1 N–H and O–H groups in total. The first-order valence-corrected chi connectivity index (χ1v) is 11.4. The fraction of sp³-hybridized carbons (Fsp3) is 0.0909. The van der Waals surface area contributed by atoms with Gasteiger partial charge in [-0.3, -0.25) is 9.10 Å². The zero-order valence-electron chi connectivity index (χ0n) is 16.5. The highest BCUT2D eigenvalue weighted by atomic mass is 35.5. The summed E-state index contributed by atoms with van der Waals surface area (Å²) in [4.78, 5) is 12.6. The third kappa shape index (κ3) is 5.44. The van der Waals surface area contributed by atoms with Gasteiger partial charge in [0.2, 0.25) is 0 Å². The number of amides is 1. The van der Waals surface area contributed by atoms with E-state index in [1.54, 1.807) is 67.6 Å². The summed E-state index contributed by atoms with van der Waals surface area (Å²) in [6.07, 6.45) is 1.39. The minimum absolute atomic E-state index is 0.0572. The molecule has 9 heteroatoms. The van der Waals surface area contributed by atoms with Crippen LogP contribution in [0.3, 0.4) is 0 Å². The molecule has 160 valence electrons. The van der Waals surface area contributed by atoms with E-state index in [2.05, 4.69) is 10.5 Å². The Labute approximate surface area is 191 Å². The number of sulfonamides is 1. The van der Waals surface area contributed by atoms with Gasteiger partial charge >= 0.3 is 0 Å². The summed E-state index contributed by atoms with van der Waals surface area (Å²) < 4.78 is 27.7. The molecule has 0 fully saturated rings. The highest BCUT2D eigenvalue weighted by molar-refractivity contribution is 7.92. The van der Waals surface area contributed by atoms with Crippen LogP contribution >= 0.6 is 23.2 Å². The second kappa shape index (κ2) is 9.96. The molecule has 0 atom stereocenters. The van der Waals surface area contributed by atoms with Crippen molar-refractivity contribution in [3.05, 3.63) is 94.0 Å². The normalized spacial score (nSPS) is 11.5. The number of hydrazone groups is 1. The molecule has 0 saturated carbocycles. The Morgan fingerprint density at radius 1 is 0.968 bits per heavy atom. The highest BCUT2D eigenvalue weighted by Crippen LogP contribution is 2.30. The number of hydrogen-bond donors (Lipinski definition) is 1. The Balaban J connectivity index is 1.89. The number of carbonyl (C=O) groups is 1. The summed E-state index contributed by atoms with van der Waals surface area (Å²) in [5.41, 5.74) is 3.81. The molecule has 0 aliphatic heterocycles. The fourth-order valence-corrected chi connectivity index (χ4v) is 4.66. The lowest BCUT2D eigenvalue weighted by atomic mass is 10.2. The van der Waals surface area contributed by atoms with Crippen molar-refractivity contribution in [2.45, 2.75) is 11.8 Å². The molecule has 3 aromatic rings. The standard InChI is InChI=1S/C22H19Cl2N3O3S/c1-16-19(23)12-7-13-21(16)27(31(29,30)18-9-3-2-4-10-18)15-22(28)26-25-14-17-8-5-6-11-20(17)24/h2-14H,15H2,1H3,(H,26,28)/b25-14-. The molecule has 0 aliphatic carbocycles. The van der Waals surface area contributed by atoms with Crippen molar-refractivity contribution in [2.75, 3.05) is 10.8 Å². The molecule has 0 heterocycles. The smallest absolute Gasteiger partial charge is 0.264 e. The first kappa shape index (κ1) is 22.8. The van der Waals surface area contributed by atoms with Gasteiger partial charge in [0, 0.05) is 15.6 Å². The van der Waals surface area contributed by atoms with Crippen LogP contribution in [-0.4, -0.2) is 27.1 Å². The summed E-state index contributed by atoms with van der Waals surface area (Å²) in [5, 5.41) is 4.75. The summed E-state index contributed by atoms with van der Waals surface area (Å²) >= 11 is 12.3. The molecule has 3 rings (SSSR count). The fourth-order valence-electron chi connectivity index (χ4n) is 2.80. The molecular formula is C22H19Cl2N3O3S. The maximum absolute atomic E-state index is 13.3. The molecule has 6 nitrogen and oxygen atoms in total. The Morgan fingerprint density at radius 3 is 2.32 bits per heavy atom. The number of nitrogens with zero attached hydrogens (tertiary/aromatic N) is 2. The average molecular weight is 476 g/mol. The van der Waals surface area contributed by atoms with E-state index in [0.29, 0.717) is 26.9 Å². The average Bonchev–Trinajstić information content (AvgIpc) is 2.76. The molecule has 3 aromatic carbocycles. The number of anilines is 1. The minimum Gasteiger partial charge on any atom is -0.271 e. The largest absolute Gasteiger partial charge is 0.271 e. The Morgan fingerprint density at radius 2 is 1.61 bits per heavy atom. The van der Waals surface area contributed by atoms with Crippen LogP contribution in [0.25, 0.3) is 0 Å². The molecule has 0 aromatic heterocycles. The Hall–Kier alpha value is -2.87. The lowest BCUT2D eigenvalue weighted by molar-refractivity contribution is -0.119. The van der Waals surface area contributed by atoms with Crippen LogP contribution in [-0.2, 0) is 14.8 Å². The quantitative estimate of drug-likeness (QED) is 0.399. The second-order valence-corrected chi connectivity index (χ2v) is 9.20. The van der Waals surface area contributed by atoms with Gasteiger partial charge in [-0.1, -0.05) is 65.7 Å². The van der Waals surface area contributed by atoms with E-state index in [0.717, 1.165) is 4.31 Å². The third-order valence-electron chi connectivity index (χ3n) is 4.42. The van der Waals surface area contributed by atoms with E-state index in [1.165, 1.54) is 18.3 Å². The van der Waals surface area contributed by atoms with Gasteiger partial charge in [0.05, 0.1) is 16.8 Å². The van der Waals surface area contributed by atoms with Gasteiger partial charge in [0.15, 0.2) is 0 Å². The number of halogens is 2. The van der Waals surface area contributed by atoms with E-state index < -0.39 is 22.5 Å². The summed E-state index contributed by atoms with van der Waals surface area (Å²) in [5.74, 6) is -0.623. The molecule has 1 amide bonds. The lowest BCUT2D eigenvalue weighted by Crippen LogP contribution is -2.40. The van der Waals surface area contributed by atoms with Crippen molar-refractivity contribution < 1.29 is 13.2 Å². The zero-order valence-corrected chi connectivity index (χ0v) is 18.8. The number of carbonyl (C=O) groups excluding carboxylic acids is 1. The molecular weight excluding hydrogens is 457 g/mol. The van der Waals surface area contributed by atoms with Gasteiger partial charge in [-0.05, 0) is 42.8 Å². The molecule has 31 heavy (non-hydrogen) atoms. The van der Waals surface area contributed by atoms with Gasteiger partial charge in [-0.2, -0.15) is 5.10 Å². The SMILES string of the molecule is Cc1c(Cl)cccc1N(CC(=O)N/N=C\c1ccccc1Cl)S(=O)(=O)c1ccccc1. The molecule has 0 spiro atoms. The first-order chi connectivity index (χ1) is 14.8. The van der Waals surface area contributed by atoms with Crippen LogP contribution in [0.15, 0.2) is 82.8 Å². The molecule has 0 aliphatic rings. The highest BCUT2D eigenvalue weighted by Gasteiger charge is 2.28. The van der Waals surface area contributed by atoms with E-state index in [-0.39, 0.29) is 4.90 Å². The van der Waals surface area contributed by atoms with Gasteiger partial charge in [-0.15, -0.1) is 0 Å². The van der Waals surface area contributed by atoms with Crippen molar-refractivity contribution in [3.63, 3.8) is 0 Å². The monoisotopic (exact) mass is 475 g/mol. The summed E-state index contributed by atoms with van der Waals surface area (Å²) in [6, 6.07) is 19.8. The molecule has 0 saturated heterocycles. The second-order valence-electron chi connectivity index (χ2n) is 6.52. The van der Waals surface area contributed by atoms with Crippen LogP contribution in [0, 0.1) is 6.92 Å². The summed E-state index contributed by atoms with van der Waals surface area (Å²) in [6.45, 7) is 1.21. The van der Waals surface area contributed by atoms with Gasteiger partial charge in [0.25, 0.3) is 15.9 Å². The molecule has 0 unspecified atom stereocenters. The number of nitrogens with one attached hydrogen (secondary N) is 1. The Bertz CT molecular complexity index is 1220. The molecule has 0 radical (unpaired) electrons. The van der Waals surface area contributed by atoms with Crippen LogP contribution in [0.1, 0.15) is 11.1 Å². The molecule has 0 bridgehead atoms. The van der Waals surface area contributed by atoms with Crippen molar-refractivity contribution in [1.82, 2.24) is 5.43 Å². The maximum Gasteiger partial charge on any atom is 0.264 e. The van der Waals surface area contributed by atoms with Gasteiger partial charge in [0.1, 0.15) is 6.54 Å². The van der Waals surface area contributed by atoms with Crippen molar-refractivity contribution in [2.24, 2.45) is 5.10 Å². The van der Waals surface area contributed by atoms with E-state index in [1.807, 2.05) is 0 Å². The third-order valence-corrected chi connectivity index (χ3v) is 6.95. The zero-order chi connectivity index (χ0) is 22.4. The van der Waals surface area contributed by atoms with Crippen LogP contribution in [0.5, 0.6) is 0 Å². The van der Waals surface area contributed by atoms with Crippen LogP contribution < -0.4 is 9.73 Å². The van der Waals surface area contributed by atoms with Crippen molar-refractivity contribution in [3.8, 4) is 0 Å². The van der Waals surface area contributed by atoms with E-state index in [4.69, 9.17) is 23.2 Å². The minimum atomic E-state index is -4.03. The van der Waals surface area contributed by atoms with Crippen molar-refractivity contribution in [1.29, 1.82) is 0 Å². The van der Waals surface area contributed by atoms with Crippen LogP contribution in [0.2, 0.25) is 10.0 Å². The van der Waals surface area contributed by atoms with E-state index >= 15 is 0 Å². The van der Waals surface area contributed by atoms with Crippen LogP contribution in [0.4, 0.5) is 5.69 Å². The maximum atomic E-state index is 13.3. The Kier molecular flexibility index (Phi) is 7.33. The number of rotatable bonds is 7. The number of hydrogen-bond acceptors (Lipinski definition) is 4. The predicted octanol–water partition coefficient (Wildman–Crippen LogP) is 4.65. The van der Waals surface area contributed by atoms with Gasteiger partial charge < -0.3 is 0 Å². The van der Waals surface area contributed by atoms with Crippen molar-refractivity contribution >= 4 is 51.0 Å². The predicted molar refractivity (Wildman–Crippen MR) is 124 cm³/mol. The first-order valence-electron chi connectivity index (χ1n) is 9.20. The lowest BCUT2D eigenvalue weighted by Gasteiger charge is -2.25. The van der Waals surface area contributed by atoms with E-state index in [9.17, 15) is 13.2 Å². The van der Waals surface area contributed by atoms with Gasteiger partial charge in [-0.25, -0.2) is 13.8 Å².